The Morgan fingerprint density at radius 3 is 2.87 bits per heavy atom. The lowest BCUT2D eigenvalue weighted by Gasteiger charge is -1.90. The highest BCUT2D eigenvalue weighted by Crippen LogP contribution is 2.28. The Bertz CT molecular complexity index is 436. The van der Waals surface area contributed by atoms with Crippen LogP contribution in [0.3, 0.4) is 0 Å². The average Bonchev–Trinajstić information content (AvgIpc) is 2.84. The molecule has 0 fully saturated rings. The topological polar surface area (TPSA) is 63.6 Å². The Labute approximate surface area is 95.7 Å². The van der Waals surface area contributed by atoms with Crippen LogP contribution in [0.15, 0.2) is 0 Å². The predicted molar refractivity (Wildman–Crippen MR) is 61.0 cm³/mol. The van der Waals surface area contributed by atoms with Gasteiger partial charge in [0.15, 0.2) is 5.01 Å². The van der Waals surface area contributed by atoms with E-state index < -0.39 is 0 Å². The van der Waals surface area contributed by atoms with E-state index in [0.717, 1.165) is 33.6 Å². The second-order valence-electron chi connectivity index (χ2n) is 2.93. The lowest BCUT2D eigenvalue weighted by Crippen LogP contribution is -2.04. The molecule has 0 aliphatic carbocycles. The highest BCUT2D eigenvalue weighted by molar-refractivity contribution is 7.19. The summed E-state index contributed by atoms with van der Waals surface area (Å²) >= 11 is 2.98. The summed E-state index contributed by atoms with van der Waals surface area (Å²) in [5, 5.41) is 17.3. The lowest BCUT2D eigenvalue weighted by atomic mass is 10.3. The Morgan fingerprint density at radius 2 is 2.13 bits per heavy atom. The van der Waals surface area contributed by atoms with Gasteiger partial charge in [0.1, 0.15) is 9.88 Å². The van der Waals surface area contributed by atoms with Crippen LogP contribution in [-0.2, 0) is 13.0 Å². The molecule has 0 radical (unpaired) electrons. The molecule has 5 nitrogen and oxygen atoms in total. The first-order chi connectivity index (χ1) is 7.35. The summed E-state index contributed by atoms with van der Waals surface area (Å²) in [6.45, 7) is 2.82. The highest BCUT2D eigenvalue weighted by Gasteiger charge is 2.13. The van der Waals surface area contributed by atoms with Crippen molar-refractivity contribution in [2.24, 2.45) is 0 Å². The van der Waals surface area contributed by atoms with E-state index in [1.165, 1.54) is 11.5 Å². The second-order valence-corrected chi connectivity index (χ2v) is 4.75. The molecular formula is C8H11N5S2. The molecule has 2 heterocycles. The third-order valence-corrected chi connectivity index (χ3v) is 3.72. The van der Waals surface area contributed by atoms with E-state index in [1.54, 1.807) is 11.3 Å². The van der Waals surface area contributed by atoms with E-state index in [1.807, 2.05) is 7.05 Å². The van der Waals surface area contributed by atoms with Crippen LogP contribution in [0.25, 0.3) is 9.88 Å². The molecule has 2 aromatic rings. The molecule has 0 aromatic carbocycles. The van der Waals surface area contributed by atoms with E-state index >= 15 is 0 Å². The standard InChI is InChI=1S/C8H11N5S2/c1-3-5-7(15-13-10-5)8-12-11-6(14-8)4-9-2/h9H,3-4H2,1-2H3. The normalized spacial score (nSPS) is 10.8. The van der Waals surface area contributed by atoms with Crippen molar-refractivity contribution >= 4 is 22.9 Å². The first-order valence-corrected chi connectivity index (χ1v) is 6.22. The second kappa shape index (κ2) is 4.73. The zero-order chi connectivity index (χ0) is 10.7. The smallest absolute Gasteiger partial charge is 0.161 e. The van der Waals surface area contributed by atoms with Gasteiger partial charge in [0.05, 0.1) is 5.69 Å². The zero-order valence-corrected chi connectivity index (χ0v) is 10.2. The van der Waals surface area contributed by atoms with Gasteiger partial charge >= 0.3 is 0 Å². The molecule has 80 valence electrons. The van der Waals surface area contributed by atoms with Crippen LogP contribution in [0.5, 0.6) is 0 Å². The molecular weight excluding hydrogens is 230 g/mol. The van der Waals surface area contributed by atoms with Gasteiger partial charge in [0.2, 0.25) is 0 Å². The quantitative estimate of drug-likeness (QED) is 0.875. The molecule has 0 bridgehead atoms. The molecule has 0 amide bonds. The van der Waals surface area contributed by atoms with Crippen molar-refractivity contribution in [1.29, 1.82) is 0 Å². The molecule has 7 heteroatoms. The number of aromatic nitrogens is 4. The first kappa shape index (κ1) is 10.6. The fourth-order valence-corrected chi connectivity index (χ4v) is 2.85. The first-order valence-electron chi connectivity index (χ1n) is 4.63. The maximum absolute atomic E-state index is 4.14. The number of hydrogen-bond donors (Lipinski definition) is 1. The molecule has 15 heavy (non-hydrogen) atoms. The van der Waals surface area contributed by atoms with Crippen LogP contribution in [0.2, 0.25) is 0 Å². The van der Waals surface area contributed by atoms with Crippen molar-refractivity contribution in [2.75, 3.05) is 7.05 Å². The molecule has 0 spiro atoms. The van der Waals surface area contributed by atoms with Crippen LogP contribution in [0, 0.1) is 0 Å². The largest absolute Gasteiger partial charge is 0.313 e. The Morgan fingerprint density at radius 1 is 1.27 bits per heavy atom. The van der Waals surface area contributed by atoms with Crippen LogP contribution in [-0.4, -0.2) is 26.8 Å². The van der Waals surface area contributed by atoms with E-state index in [9.17, 15) is 0 Å². The van der Waals surface area contributed by atoms with E-state index in [-0.39, 0.29) is 0 Å². The Kier molecular flexibility index (Phi) is 3.34. The van der Waals surface area contributed by atoms with Crippen LogP contribution in [0.1, 0.15) is 17.6 Å². The van der Waals surface area contributed by atoms with Gasteiger partial charge in [-0.1, -0.05) is 22.7 Å². The SMILES string of the molecule is CCc1nnsc1-c1nnc(CNC)s1. The minimum atomic E-state index is 0.755. The summed E-state index contributed by atoms with van der Waals surface area (Å²) in [7, 11) is 1.90. The van der Waals surface area contributed by atoms with Gasteiger partial charge in [0, 0.05) is 6.54 Å². The van der Waals surface area contributed by atoms with Crippen molar-refractivity contribution < 1.29 is 0 Å². The molecule has 0 saturated heterocycles. The monoisotopic (exact) mass is 241 g/mol. The minimum Gasteiger partial charge on any atom is -0.313 e. The number of nitrogens with one attached hydrogen (secondary N) is 1. The Balaban J connectivity index is 2.28. The van der Waals surface area contributed by atoms with E-state index in [0.29, 0.717) is 0 Å². The summed E-state index contributed by atoms with van der Waals surface area (Å²) in [6.07, 6.45) is 0.882. The lowest BCUT2D eigenvalue weighted by molar-refractivity contribution is 0.795. The average molecular weight is 241 g/mol. The van der Waals surface area contributed by atoms with Crippen molar-refractivity contribution in [2.45, 2.75) is 19.9 Å². The van der Waals surface area contributed by atoms with Crippen molar-refractivity contribution in [3.8, 4) is 9.88 Å². The fraction of sp³-hybridized carbons (Fsp3) is 0.500. The van der Waals surface area contributed by atoms with Gasteiger partial charge in [0.25, 0.3) is 0 Å². The molecule has 0 aliphatic heterocycles. The van der Waals surface area contributed by atoms with Gasteiger partial charge in [-0.2, -0.15) is 0 Å². The maximum Gasteiger partial charge on any atom is 0.161 e. The predicted octanol–water partition coefficient (Wildman–Crippen LogP) is 1.34. The molecule has 1 N–H and O–H groups in total. The molecule has 2 rings (SSSR count). The van der Waals surface area contributed by atoms with E-state index in [2.05, 4.69) is 32.0 Å². The third kappa shape index (κ3) is 2.19. The number of rotatable bonds is 4. The number of aryl methyl sites for hydroxylation is 1. The summed E-state index contributed by atoms with van der Waals surface area (Å²) in [4.78, 5) is 1.05. The van der Waals surface area contributed by atoms with Gasteiger partial charge in [-0.3, -0.25) is 0 Å². The number of hydrogen-bond acceptors (Lipinski definition) is 7. The summed E-state index contributed by atoms with van der Waals surface area (Å²) in [5.74, 6) is 0. The van der Waals surface area contributed by atoms with Crippen molar-refractivity contribution in [3.63, 3.8) is 0 Å². The van der Waals surface area contributed by atoms with Gasteiger partial charge in [-0.25, -0.2) is 0 Å². The number of nitrogens with zero attached hydrogens (tertiary/aromatic N) is 4. The third-order valence-electron chi connectivity index (χ3n) is 1.88. The van der Waals surface area contributed by atoms with Crippen LogP contribution < -0.4 is 5.32 Å². The van der Waals surface area contributed by atoms with Crippen LogP contribution >= 0.6 is 22.9 Å². The molecule has 0 aliphatic rings. The Hall–Kier alpha value is -0.920. The molecule has 0 saturated carbocycles. The highest BCUT2D eigenvalue weighted by atomic mass is 32.1. The van der Waals surface area contributed by atoms with Gasteiger partial charge < -0.3 is 5.32 Å². The molecule has 0 unspecified atom stereocenters. The van der Waals surface area contributed by atoms with Crippen molar-refractivity contribution in [3.05, 3.63) is 10.7 Å². The van der Waals surface area contributed by atoms with Crippen LogP contribution in [0.4, 0.5) is 0 Å². The van der Waals surface area contributed by atoms with Gasteiger partial charge in [-0.15, -0.1) is 15.3 Å². The summed E-state index contributed by atoms with van der Waals surface area (Å²) in [6, 6.07) is 0. The molecule has 0 atom stereocenters. The van der Waals surface area contributed by atoms with Crippen molar-refractivity contribution in [1.82, 2.24) is 25.1 Å². The fourth-order valence-electron chi connectivity index (χ4n) is 1.17. The summed E-state index contributed by atoms with van der Waals surface area (Å²) in [5.41, 5.74) is 1.01. The summed E-state index contributed by atoms with van der Waals surface area (Å²) < 4.78 is 3.94. The zero-order valence-electron chi connectivity index (χ0n) is 8.52. The minimum absolute atomic E-state index is 0.755. The maximum atomic E-state index is 4.14. The van der Waals surface area contributed by atoms with Gasteiger partial charge in [-0.05, 0) is 25.0 Å². The van der Waals surface area contributed by atoms with E-state index in [4.69, 9.17) is 0 Å². The molecule has 2 aromatic heterocycles.